The van der Waals surface area contributed by atoms with Gasteiger partial charge in [-0.15, -0.1) is 0 Å². The minimum absolute atomic E-state index is 0.0850. The van der Waals surface area contributed by atoms with Crippen molar-refractivity contribution < 1.29 is 9.53 Å². The Hall–Kier alpha value is -1.09. The quantitative estimate of drug-likeness (QED) is 0.593. The van der Waals surface area contributed by atoms with Crippen LogP contribution in [0, 0.1) is 0 Å². The van der Waals surface area contributed by atoms with E-state index in [4.69, 9.17) is 4.74 Å². The number of carbonyl (C=O) groups excluding carboxylic acids is 1. The van der Waals surface area contributed by atoms with Gasteiger partial charge in [0.1, 0.15) is 6.61 Å². The molecule has 94 valence electrons. The highest BCUT2D eigenvalue weighted by molar-refractivity contribution is 5.95. The number of hydrogen-bond acceptors (Lipinski definition) is 2. The van der Waals surface area contributed by atoms with Gasteiger partial charge in [-0.05, 0) is 25.0 Å². The van der Waals surface area contributed by atoms with Gasteiger partial charge in [-0.25, -0.2) is 0 Å². The molecular weight excluding hydrogens is 214 g/mol. The fraction of sp³-hybridized carbons (Fsp3) is 0.643. The second kappa shape index (κ2) is 6.01. The Labute approximate surface area is 103 Å². The number of carbonyl (C=O) groups is 1. The van der Waals surface area contributed by atoms with Gasteiger partial charge in [0.15, 0.2) is 0 Å². The highest BCUT2D eigenvalue weighted by atomic mass is 16.5. The largest absolute Gasteiger partial charge is 0.370 e. The summed E-state index contributed by atoms with van der Waals surface area (Å²) >= 11 is 0. The maximum absolute atomic E-state index is 11.9. The summed E-state index contributed by atoms with van der Waals surface area (Å²) in [6, 6.07) is 3.73. The first-order chi connectivity index (χ1) is 8.27. The van der Waals surface area contributed by atoms with Crippen LogP contribution in [0.15, 0.2) is 18.3 Å². The maximum Gasteiger partial charge on any atom is 0.204 e. The molecule has 2 rings (SSSR count). The van der Waals surface area contributed by atoms with E-state index in [0.29, 0.717) is 6.10 Å². The van der Waals surface area contributed by atoms with Crippen LogP contribution in [0.4, 0.5) is 0 Å². The Morgan fingerprint density at radius 2 is 2.06 bits per heavy atom. The van der Waals surface area contributed by atoms with Gasteiger partial charge in [0.2, 0.25) is 5.78 Å². The molecule has 0 aromatic carbocycles. The number of ether oxygens (including phenoxy) is 1. The monoisotopic (exact) mass is 235 g/mol. The summed E-state index contributed by atoms with van der Waals surface area (Å²) in [6.45, 7) is 0.225. The lowest BCUT2D eigenvalue weighted by Gasteiger charge is -2.14. The second-order valence-electron chi connectivity index (χ2n) is 4.85. The molecule has 0 saturated heterocycles. The third-order valence-electron chi connectivity index (χ3n) is 3.48. The summed E-state index contributed by atoms with van der Waals surface area (Å²) in [7, 11) is 1.89. The van der Waals surface area contributed by atoms with E-state index in [1.54, 1.807) is 0 Å². The fourth-order valence-corrected chi connectivity index (χ4v) is 2.43. The molecule has 0 atom stereocenters. The Kier molecular flexibility index (Phi) is 4.37. The molecular formula is C14H21NO2. The molecule has 1 aromatic rings. The lowest BCUT2D eigenvalue weighted by Crippen LogP contribution is -2.19. The van der Waals surface area contributed by atoms with Crippen molar-refractivity contribution in [2.75, 3.05) is 6.61 Å². The Bertz CT molecular complexity index is 362. The van der Waals surface area contributed by atoms with E-state index in [9.17, 15) is 4.79 Å². The van der Waals surface area contributed by atoms with Crippen LogP contribution in [0.25, 0.3) is 0 Å². The predicted octanol–water partition coefficient (Wildman–Crippen LogP) is 2.95. The van der Waals surface area contributed by atoms with Crippen molar-refractivity contribution in [3.8, 4) is 0 Å². The zero-order valence-corrected chi connectivity index (χ0v) is 10.5. The van der Waals surface area contributed by atoms with Crippen LogP contribution in [-0.4, -0.2) is 23.1 Å². The van der Waals surface area contributed by atoms with Crippen LogP contribution in [-0.2, 0) is 11.8 Å². The van der Waals surface area contributed by atoms with Crippen LogP contribution < -0.4 is 0 Å². The number of hydrogen-bond donors (Lipinski definition) is 0. The lowest BCUT2D eigenvalue weighted by atomic mass is 10.1. The standard InChI is InChI=1S/C14H21NO2/c1-15-10-6-9-13(15)14(16)11-17-12-7-4-2-3-5-8-12/h6,9-10,12H,2-5,7-8,11H2,1H3. The number of ketones is 1. The van der Waals surface area contributed by atoms with Crippen molar-refractivity contribution >= 4 is 5.78 Å². The van der Waals surface area contributed by atoms with Gasteiger partial charge >= 0.3 is 0 Å². The van der Waals surface area contributed by atoms with E-state index >= 15 is 0 Å². The zero-order chi connectivity index (χ0) is 12.1. The average molecular weight is 235 g/mol. The SMILES string of the molecule is Cn1cccc1C(=O)COC1CCCCCC1. The van der Waals surface area contributed by atoms with Gasteiger partial charge < -0.3 is 9.30 Å². The molecule has 1 aliphatic carbocycles. The molecule has 1 heterocycles. The van der Waals surface area contributed by atoms with Crippen LogP contribution in [0.5, 0.6) is 0 Å². The van der Waals surface area contributed by atoms with Crippen molar-refractivity contribution in [3.05, 3.63) is 24.0 Å². The third kappa shape index (κ3) is 3.43. The Morgan fingerprint density at radius 3 is 2.65 bits per heavy atom. The van der Waals surface area contributed by atoms with Crippen LogP contribution >= 0.6 is 0 Å². The van der Waals surface area contributed by atoms with Crippen molar-refractivity contribution in [3.63, 3.8) is 0 Å². The molecule has 0 bridgehead atoms. The molecule has 0 radical (unpaired) electrons. The Balaban J connectivity index is 1.81. The summed E-state index contributed by atoms with van der Waals surface area (Å²) in [4.78, 5) is 11.9. The van der Waals surface area contributed by atoms with Gasteiger partial charge in [-0.2, -0.15) is 0 Å². The minimum atomic E-state index is 0.0850. The summed E-state index contributed by atoms with van der Waals surface area (Å²) in [6.07, 6.45) is 9.50. The first-order valence-corrected chi connectivity index (χ1v) is 6.53. The number of Topliss-reactive ketones (excluding diaryl/α,β-unsaturated/α-hetero) is 1. The summed E-state index contributed by atoms with van der Waals surface area (Å²) < 4.78 is 7.59. The predicted molar refractivity (Wildman–Crippen MR) is 67.2 cm³/mol. The molecule has 1 aliphatic rings. The lowest BCUT2D eigenvalue weighted by molar-refractivity contribution is 0.0384. The first-order valence-electron chi connectivity index (χ1n) is 6.53. The molecule has 1 aromatic heterocycles. The molecule has 0 aliphatic heterocycles. The molecule has 0 amide bonds. The fourth-order valence-electron chi connectivity index (χ4n) is 2.43. The van der Waals surface area contributed by atoms with E-state index in [2.05, 4.69) is 0 Å². The zero-order valence-electron chi connectivity index (χ0n) is 10.5. The molecule has 1 saturated carbocycles. The smallest absolute Gasteiger partial charge is 0.204 e. The van der Waals surface area contributed by atoms with Crippen molar-refractivity contribution in [1.82, 2.24) is 4.57 Å². The molecule has 0 spiro atoms. The third-order valence-corrected chi connectivity index (χ3v) is 3.48. The van der Waals surface area contributed by atoms with Gasteiger partial charge in [0, 0.05) is 13.2 Å². The van der Waals surface area contributed by atoms with Gasteiger partial charge in [-0.3, -0.25) is 4.79 Å². The minimum Gasteiger partial charge on any atom is -0.370 e. The molecule has 3 heteroatoms. The number of rotatable bonds is 4. The van der Waals surface area contributed by atoms with Gasteiger partial charge in [0.05, 0.1) is 11.8 Å². The van der Waals surface area contributed by atoms with Crippen molar-refractivity contribution in [2.45, 2.75) is 44.6 Å². The number of aromatic nitrogens is 1. The van der Waals surface area contributed by atoms with E-state index in [1.807, 2.05) is 29.9 Å². The molecule has 0 N–H and O–H groups in total. The van der Waals surface area contributed by atoms with Crippen molar-refractivity contribution in [2.24, 2.45) is 7.05 Å². The highest BCUT2D eigenvalue weighted by Crippen LogP contribution is 2.19. The summed E-state index contributed by atoms with van der Waals surface area (Å²) in [5.74, 6) is 0.0850. The normalized spacial score (nSPS) is 17.9. The van der Waals surface area contributed by atoms with E-state index in [1.165, 1.54) is 25.7 Å². The number of aryl methyl sites for hydroxylation is 1. The van der Waals surface area contributed by atoms with E-state index < -0.39 is 0 Å². The molecule has 17 heavy (non-hydrogen) atoms. The number of nitrogens with zero attached hydrogens (tertiary/aromatic N) is 1. The topological polar surface area (TPSA) is 31.2 Å². The van der Waals surface area contributed by atoms with E-state index in [0.717, 1.165) is 18.5 Å². The second-order valence-corrected chi connectivity index (χ2v) is 4.85. The summed E-state index contributed by atoms with van der Waals surface area (Å²) in [5, 5.41) is 0. The first kappa shape index (κ1) is 12.4. The molecule has 0 unspecified atom stereocenters. The van der Waals surface area contributed by atoms with Crippen LogP contribution in [0.2, 0.25) is 0 Å². The molecule has 1 fully saturated rings. The highest BCUT2D eigenvalue weighted by Gasteiger charge is 2.15. The van der Waals surface area contributed by atoms with Crippen molar-refractivity contribution in [1.29, 1.82) is 0 Å². The average Bonchev–Trinajstić information content (AvgIpc) is 2.61. The van der Waals surface area contributed by atoms with Crippen LogP contribution in [0.3, 0.4) is 0 Å². The van der Waals surface area contributed by atoms with E-state index in [-0.39, 0.29) is 12.4 Å². The van der Waals surface area contributed by atoms with Gasteiger partial charge in [-0.1, -0.05) is 25.7 Å². The Morgan fingerprint density at radius 1 is 1.35 bits per heavy atom. The maximum atomic E-state index is 11.9. The summed E-state index contributed by atoms with van der Waals surface area (Å²) in [5.41, 5.74) is 0.735. The molecule has 3 nitrogen and oxygen atoms in total. The van der Waals surface area contributed by atoms with Gasteiger partial charge in [0.25, 0.3) is 0 Å². The van der Waals surface area contributed by atoms with Crippen LogP contribution in [0.1, 0.15) is 49.0 Å².